The van der Waals surface area contributed by atoms with Crippen LogP contribution in [0.5, 0.6) is 0 Å². The van der Waals surface area contributed by atoms with Gasteiger partial charge in [0.25, 0.3) is 0 Å². The zero-order chi connectivity index (χ0) is 9.80. The summed E-state index contributed by atoms with van der Waals surface area (Å²) in [6.07, 6.45) is 5.05. The number of nitrogens with zero attached hydrogens (tertiary/aromatic N) is 1. The predicted molar refractivity (Wildman–Crippen MR) is 58.4 cm³/mol. The largest absolute Gasteiger partial charge is 0.381 e. The summed E-state index contributed by atoms with van der Waals surface area (Å²) in [7, 11) is 0. The zero-order valence-corrected chi connectivity index (χ0v) is 9.00. The smallest absolute Gasteiger partial charge is 0.0469 e. The summed E-state index contributed by atoms with van der Waals surface area (Å²) in [5.74, 6) is 0.870. The number of piperidine rings is 1. The summed E-state index contributed by atoms with van der Waals surface area (Å²) in [4.78, 5) is 2.57. The summed E-state index contributed by atoms with van der Waals surface area (Å²) >= 11 is 0. The van der Waals surface area contributed by atoms with E-state index in [0.717, 1.165) is 25.7 Å². The van der Waals surface area contributed by atoms with Crippen LogP contribution in [0.4, 0.5) is 0 Å². The second-order valence-corrected chi connectivity index (χ2v) is 4.64. The molecule has 0 aliphatic carbocycles. The lowest BCUT2D eigenvalue weighted by Gasteiger charge is -2.33. The molecule has 2 heterocycles. The van der Waals surface area contributed by atoms with E-state index in [4.69, 9.17) is 4.74 Å². The van der Waals surface area contributed by atoms with Crippen LogP contribution in [-0.2, 0) is 4.74 Å². The molecule has 0 N–H and O–H groups in total. The Kier molecular flexibility index (Phi) is 3.60. The number of ether oxygens (including phenoxy) is 1. The molecule has 80 valence electrons. The van der Waals surface area contributed by atoms with Crippen LogP contribution in [0.3, 0.4) is 0 Å². The van der Waals surface area contributed by atoms with Gasteiger partial charge in [0.1, 0.15) is 0 Å². The molecule has 14 heavy (non-hydrogen) atoms. The SMILES string of the molecule is C=C1CCCN(CC2CCOCC2)C1. The minimum absolute atomic E-state index is 0.870. The van der Waals surface area contributed by atoms with Crippen LogP contribution in [0.2, 0.25) is 0 Å². The first-order valence-corrected chi connectivity index (χ1v) is 5.81. The number of rotatable bonds is 2. The van der Waals surface area contributed by atoms with Gasteiger partial charge in [0, 0.05) is 26.3 Å². The third kappa shape index (κ3) is 2.82. The Bertz CT molecular complexity index is 196. The summed E-state index contributed by atoms with van der Waals surface area (Å²) in [6, 6.07) is 0. The van der Waals surface area contributed by atoms with Gasteiger partial charge in [0.05, 0.1) is 0 Å². The van der Waals surface area contributed by atoms with Crippen LogP contribution < -0.4 is 0 Å². The van der Waals surface area contributed by atoms with Gasteiger partial charge >= 0.3 is 0 Å². The standard InChI is InChI=1S/C12H21NO/c1-11-3-2-6-13(9-11)10-12-4-7-14-8-5-12/h12H,1-10H2. The number of hydrogen-bond acceptors (Lipinski definition) is 2. The van der Waals surface area contributed by atoms with E-state index < -0.39 is 0 Å². The Hall–Kier alpha value is -0.340. The average Bonchev–Trinajstić information content (AvgIpc) is 2.19. The molecule has 0 atom stereocenters. The van der Waals surface area contributed by atoms with Crippen molar-refractivity contribution in [3.63, 3.8) is 0 Å². The van der Waals surface area contributed by atoms with Gasteiger partial charge in [-0.1, -0.05) is 12.2 Å². The average molecular weight is 195 g/mol. The van der Waals surface area contributed by atoms with E-state index in [-0.39, 0.29) is 0 Å². The molecule has 0 amide bonds. The van der Waals surface area contributed by atoms with Crippen LogP contribution in [0.15, 0.2) is 12.2 Å². The molecule has 0 saturated carbocycles. The predicted octanol–water partition coefficient (Wildman–Crippen LogP) is 2.06. The van der Waals surface area contributed by atoms with E-state index in [1.165, 1.54) is 44.3 Å². The van der Waals surface area contributed by atoms with E-state index in [1.54, 1.807) is 0 Å². The molecule has 2 nitrogen and oxygen atoms in total. The molecule has 0 aromatic carbocycles. The summed E-state index contributed by atoms with van der Waals surface area (Å²) in [5, 5.41) is 0. The topological polar surface area (TPSA) is 12.5 Å². The Labute approximate surface area is 86.9 Å². The fourth-order valence-corrected chi connectivity index (χ4v) is 2.48. The quantitative estimate of drug-likeness (QED) is 0.625. The number of hydrogen-bond donors (Lipinski definition) is 0. The van der Waals surface area contributed by atoms with E-state index in [9.17, 15) is 0 Å². The first kappa shape index (κ1) is 10.2. The van der Waals surface area contributed by atoms with Gasteiger partial charge in [-0.05, 0) is 38.1 Å². The highest BCUT2D eigenvalue weighted by Gasteiger charge is 2.19. The molecule has 2 heteroatoms. The van der Waals surface area contributed by atoms with E-state index in [0.29, 0.717) is 0 Å². The lowest BCUT2D eigenvalue weighted by molar-refractivity contribution is 0.0522. The Morgan fingerprint density at radius 1 is 1.36 bits per heavy atom. The van der Waals surface area contributed by atoms with Gasteiger partial charge in [-0.15, -0.1) is 0 Å². The fraction of sp³-hybridized carbons (Fsp3) is 0.833. The van der Waals surface area contributed by atoms with Crippen molar-refractivity contribution in [2.45, 2.75) is 25.7 Å². The third-order valence-corrected chi connectivity index (χ3v) is 3.31. The van der Waals surface area contributed by atoms with Crippen LogP contribution in [0.1, 0.15) is 25.7 Å². The molecule has 2 rings (SSSR count). The van der Waals surface area contributed by atoms with Crippen molar-refractivity contribution in [3.8, 4) is 0 Å². The van der Waals surface area contributed by atoms with Gasteiger partial charge in [0.15, 0.2) is 0 Å². The van der Waals surface area contributed by atoms with E-state index in [1.807, 2.05) is 0 Å². The van der Waals surface area contributed by atoms with E-state index in [2.05, 4.69) is 11.5 Å². The molecule has 2 saturated heterocycles. The highest BCUT2D eigenvalue weighted by atomic mass is 16.5. The van der Waals surface area contributed by atoms with Crippen molar-refractivity contribution in [1.82, 2.24) is 4.90 Å². The normalized spacial score (nSPS) is 26.7. The second kappa shape index (κ2) is 4.94. The molecular weight excluding hydrogens is 174 g/mol. The first-order valence-electron chi connectivity index (χ1n) is 5.81. The van der Waals surface area contributed by atoms with Crippen LogP contribution in [0, 0.1) is 5.92 Å². The minimum Gasteiger partial charge on any atom is -0.381 e. The summed E-state index contributed by atoms with van der Waals surface area (Å²) < 4.78 is 5.37. The minimum atomic E-state index is 0.870. The lowest BCUT2D eigenvalue weighted by atomic mass is 9.98. The molecule has 2 aliphatic heterocycles. The van der Waals surface area contributed by atoms with Crippen molar-refractivity contribution < 1.29 is 4.74 Å². The van der Waals surface area contributed by atoms with Crippen molar-refractivity contribution in [3.05, 3.63) is 12.2 Å². The maximum Gasteiger partial charge on any atom is 0.0469 e. The van der Waals surface area contributed by atoms with Crippen molar-refractivity contribution in [1.29, 1.82) is 0 Å². The number of likely N-dealkylation sites (tertiary alicyclic amines) is 1. The Balaban J connectivity index is 1.75. The van der Waals surface area contributed by atoms with Crippen LogP contribution >= 0.6 is 0 Å². The monoisotopic (exact) mass is 195 g/mol. The Morgan fingerprint density at radius 2 is 2.14 bits per heavy atom. The molecule has 0 bridgehead atoms. The second-order valence-electron chi connectivity index (χ2n) is 4.64. The molecule has 2 aliphatic rings. The highest BCUT2D eigenvalue weighted by molar-refractivity contribution is 5.00. The molecule has 0 spiro atoms. The first-order chi connectivity index (χ1) is 6.84. The van der Waals surface area contributed by atoms with Crippen LogP contribution in [-0.4, -0.2) is 37.7 Å². The van der Waals surface area contributed by atoms with Crippen LogP contribution in [0.25, 0.3) is 0 Å². The summed E-state index contributed by atoms with van der Waals surface area (Å²) in [5.41, 5.74) is 1.42. The lowest BCUT2D eigenvalue weighted by Crippen LogP contribution is -2.36. The Morgan fingerprint density at radius 3 is 2.86 bits per heavy atom. The van der Waals surface area contributed by atoms with E-state index >= 15 is 0 Å². The molecule has 0 aromatic heterocycles. The van der Waals surface area contributed by atoms with Crippen molar-refractivity contribution in [2.75, 3.05) is 32.8 Å². The van der Waals surface area contributed by atoms with Crippen molar-refractivity contribution >= 4 is 0 Å². The maximum atomic E-state index is 5.37. The fourth-order valence-electron chi connectivity index (χ4n) is 2.48. The third-order valence-electron chi connectivity index (χ3n) is 3.31. The molecule has 2 fully saturated rings. The zero-order valence-electron chi connectivity index (χ0n) is 9.00. The maximum absolute atomic E-state index is 5.37. The summed E-state index contributed by atoms with van der Waals surface area (Å²) in [6.45, 7) is 9.71. The van der Waals surface area contributed by atoms with Crippen molar-refractivity contribution in [2.24, 2.45) is 5.92 Å². The van der Waals surface area contributed by atoms with Gasteiger partial charge in [-0.2, -0.15) is 0 Å². The van der Waals surface area contributed by atoms with Gasteiger partial charge < -0.3 is 4.74 Å². The van der Waals surface area contributed by atoms with Gasteiger partial charge in [0.2, 0.25) is 0 Å². The molecule has 0 unspecified atom stereocenters. The molecule has 0 aromatic rings. The molecule has 0 radical (unpaired) electrons. The van der Waals surface area contributed by atoms with Gasteiger partial charge in [-0.3, -0.25) is 4.90 Å². The van der Waals surface area contributed by atoms with Gasteiger partial charge in [-0.25, -0.2) is 0 Å². The molecular formula is C12H21NO. The highest BCUT2D eigenvalue weighted by Crippen LogP contribution is 2.20.